The lowest BCUT2D eigenvalue weighted by molar-refractivity contribution is 0.0957. The summed E-state index contributed by atoms with van der Waals surface area (Å²) in [4.78, 5) is 12.2. The van der Waals surface area contributed by atoms with Crippen molar-refractivity contribution in [2.24, 2.45) is 5.73 Å². The Hall–Kier alpha value is -1.61. The fraction of sp³-hybridized carbons (Fsp3) is 0.357. The van der Waals surface area contributed by atoms with Gasteiger partial charge in [0.05, 0.1) is 18.2 Å². The maximum absolute atomic E-state index is 12.2. The van der Waals surface area contributed by atoms with Crippen LogP contribution in [0, 0.1) is 0 Å². The number of carbonyl (C=O) groups is 1. The summed E-state index contributed by atoms with van der Waals surface area (Å²) < 4.78 is 5.60. The predicted octanol–water partition coefficient (Wildman–Crippen LogP) is 2.10. The number of rotatable bonds is 4. The Morgan fingerprint density at radius 3 is 3.18 bits per heavy atom. The molecule has 1 aromatic carbocycles. The lowest BCUT2D eigenvalue weighted by Gasteiger charge is -2.20. The average molecular weight is 231 g/mol. The normalized spacial score (nSPS) is 15.6. The van der Waals surface area contributed by atoms with Gasteiger partial charge in [0.25, 0.3) is 0 Å². The van der Waals surface area contributed by atoms with Crippen LogP contribution in [0.25, 0.3) is 0 Å². The van der Waals surface area contributed by atoms with E-state index in [4.69, 9.17) is 10.5 Å². The summed E-state index contributed by atoms with van der Waals surface area (Å²) in [6.45, 7) is 4.28. The molecule has 1 aliphatic rings. The number of hydrogen-bond acceptors (Lipinski definition) is 3. The van der Waals surface area contributed by atoms with Gasteiger partial charge in [0.15, 0.2) is 5.78 Å². The number of ketones is 1. The van der Waals surface area contributed by atoms with E-state index in [1.807, 2.05) is 12.1 Å². The molecular formula is C14H17NO2. The van der Waals surface area contributed by atoms with Gasteiger partial charge in [-0.05, 0) is 30.9 Å². The Morgan fingerprint density at radius 1 is 1.59 bits per heavy atom. The Morgan fingerprint density at radius 2 is 2.41 bits per heavy atom. The van der Waals surface area contributed by atoms with Crippen molar-refractivity contribution in [2.75, 3.05) is 6.61 Å². The highest BCUT2D eigenvalue weighted by atomic mass is 16.5. The molecule has 3 nitrogen and oxygen atoms in total. The van der Waals surface area contributed by atoms with Gasteiger partial charge >= 0.3 is 0 Å². The van der Waals surface area contributed by atoms with Crippen LogP contribution in [0.15, 0.2) is 30.9 Å². The number of carbonyl (C=O) groups excluding carboxylic acids is 1. The van der Waals surface area contributed by atoms with Crippen molar-refractivity contribution >= 4 is 5.78 Å². The SMILES string of the molecule is C=CCC(N)C(=O)c1cccc2c1OCCC2. The molecule has 1 aliphatic heterocycles. The number of para-hydroxylation sites is 1. The smallest absolute Gasteiger partial charge is 0.183 e. The highest BCUT2D eigenvalue weighted by Crippen LogP contribution is 2.29. The third kappa shape index (κ3) is 2.39. The van der Waals surface area contributed by atoms with Crippen LogP contribution in [0.3, 0.4) is 0 Å². The molecule has 2 N–H and O–H groups in total. The minimum atomic E-state index is -0.524. The van der Waals surface area contributed by atoms with Gasteiger partial charge in [-0.3, -0.25) is 4.79 Å². The molecule has 0 aliphatic carbocycles. The Balaban J connectivity index is 2.32. The molecule has 0 bridgehead atoms. The number of fused-ring (bicyclic) bond motifs is 1. The molecule has 0 aromatic heterocycles. The number of aryl methyl sites for hydroxylation is 1. The van der Waals surface area contributed by atoms with Gasteiger partial charge in [0.2, 0.25) is 0 Å². The molecule has 1 aromatic rings. The first kappa shape index (κ1) is 11.9. The summed E-state index contributed by atoms with van der Waals surface area (Å²) in [6, 6.07) is 5.16. The molecule has 0 radical (unpaired) electrons. The monoisotopic (exact) mass is 231 g/mol. The van der Waals surface area contributed by atoms with Crippen molar-refractivity contribution in [3.8, 4) is 5.75 Å². The van der Waals surface area contributed by atoms with Crippen molar-refractivity contribution in [2.45, 2.75) is 25.3 Å². The standard InChI is InChI=1S/C14H17NO2/c1-2-5-12(15)13(16)11-8-3-6-10-7-4-9-17-14(10)11/h2-3,6,8,12H,1,4-5,7,9,15H2. The summed E-state index contributed by atoms with van der Waals surface area (Å²) in [5.41, 5.74) is 7.53. The van der Waals surface area contributed by atoms with Crippen molar-refractivity contribution < 1.29 is 9.53 Å². The fourth-order valence-electron chi connectivity index (χ4n) is 2.07. The summed E-state index contributed by atoms with van der Waals surface area (Å²) in [5.74, 6) is 0.659. The van der Waals surface area contributed by atoms with E-state index >= 15 is 0 Å². The molecule has 17 heavy (non-hydrogen) atoms. The van der Waals surface area contributed by atoms with Crippen LogP contribution in [0.5, 0.6) is 5.75 Å². The molecule has 0 spiro atoms. The van der Waals surface area contributed by atoms with E-state index in [-0.39, 0.29) is 5.78 Å². The maximum Gasteiger partial charge on any atom is 0.183 e. The molecule has 1 unspecified atom stereocenters. The predicted molar refractivity (Wildman–Crippen MR) is 67.4 cm³/mol. The Kier molecular flexibility index (Phi) is 3.59. The van der Waals surface area contributed by atoms with Crippen molar-refractivity contribution in [3.05, 3.63) is 42.0 Å². The molecule has 1 heterocycles. The van der Waals surface area contributed by atoms with Gasteiger partial charge in [-0.1, -0.05) is 18.2 Å². The maximum atomic E-state index is 12.2. The molecule has 2 rings (SSSR count). The summed E-state index contributed by atoms with van der Waals surface area (Å²) in [6.07, 6.45) is 4.12. The van der Waals surface area contributed by atoms with Crippen molar-refractivity contribution in [1.29, 1.82) is 0 Å². The van der Waals surface area contributed by atoms with Crippen LogP contribution in [0.2, 0.25) is 0 Å². The van der Waals surface area contributed by atoms with Crippen LogP contribution >= 0.6 is 0 Å². The zero-order chi connectivity index (χ0) is 12.3. The van der Waals surface area contributed by atoms with Crippen LogP contribution in [-0.4, -0.2) is 18.4 Å². The minimum absolute atomic E-state index is 0.0661. The second-order valence-electron chi connectivity index (χ2n) is 4.24. The van der Waals surface area contributed by atoms with E-state index in [0.717, 1.165) is 24.2 Å². The zero-order valence-corrected chi connectivity index (χ0v) is 9.82. The number of benzene rings is 1. The third-order valence-corrected chi connectivity index (χ3v) is 2.96. The van der Waals surface area contributed by atoms with Gasteiger partial charge in [-0.2, -0.15) is 0 Å². The van der Waals surface area contributed by atoms with E-state index in [1.165, 1.54) is 0 Å². The van der Waals surface area contributed by atoms with Crippen molar-refractivity contribution in [3.63, 3.8) is 0 Å². The molecular weight excluding hydrogens is 214 g/mol. The molecule has 0 fully saturated rings. The summed E-state index contributed by atoms with van der Waals surface area (Å²) in [5, 5.41) is 0. The van der Waals surface area contributed by atoms with Gasteiger partial charge in [-0.25, -0.2) is 0 Å². The number of nitrogens with two attached hydrogens (primary N) is 1. The second-order valence-corrected chi connectivity index (χ2v) is 4.24. The van der Waals surface area contributed by atoms with Gasteiger partial charge in [-0.15, -0.1) is 6.58 Å². The molecule has 90 valence electrons. The van der Waals surface area contributed by atoms with E-state index in [9.17, 15) is 4.79 Å². The van der Waals surface area contributed by atoms with Crippen LogP contribution in [0.4, 0.5) is 0 Å². The van der Waals surface area contributed by atoms with E-state index in [2.05, 4.69) is 6.58 Å². The van der Waals surface area contributed by atoms with Crippen LogP contribution in [0.1, 0.15) is 28.8 Å². The third-order valence-electron chi connectivity index (χ3n) is 2.96. The average Bonchev–Trinajstić information content (AvgIpc) is 2.37. The quantitative estimate of drug-likeness (QED) is 0.637. The molecule has 0 amide bonds. The summed E-state index contributed by atoms with van der Waals surface area (Å²) in [7, 11) is 0. The Bertz CT molecular complexity index is 440. The largest absolute Gasteiger partial charge is 0.493 e. The van der Waals surface area contributed by atoms with E-state index in [0.29, 0.717) is 18.6 Å². The fourth-order valence-corrected chi connectivity index (χ4v) is 2.07. The second kappa shape index (κ2) is 5.15. The van der Waals surface area contributed by atoms with E-state index < -0.39 is 6.04 Å². The first-order valence-corrected chi connectivity index (χ1v) is 5.89. The Labute approximate surface area is 101 Å². The number of ether oxygens (including phenoxy) is 1. The highest BCUT2D eigenvalue weighted by molar-refractivity contribution is 6.02. The first-order chi connectivity index (χ1) is 8.24. The highest BCUT2D eigenvalue weighted by Gasteiger charge is 2.22. The van der Waals surface area contributed by atoms with Gasteiger partial charge < -0.3 is 10.5 Å². The molecule has 0 saturated heterocycles. The summed E-state index contributed by atoms with van der Waals surface area (Å²) >= 11 is 0. The molecule has 1 atom stereocenters. The first-order valence-electron chi connectivity index (χ1n) is 5.89. The minimum Gasteiger partial charge on any atom is -0.493 e. The van der Waals surface area contributed by atoms with Crippen LogP contribution in [-0.2, 0) is 6.42 Å². The molecule has 3 heteroatoms. The topological polar surface area (TPSA) is 52.3 Å². The number of hydrogen-bond donors (Lipinski definition) is 1. The van der Waals surface area contributed by atoms with Crippen LogP contribution < -0.4 is 10.5 Å². The van der Waals surface area contributed by atoms with E-state index in [1.54, 1.807) is 12.1 Å². The lowest BCUT2D eigenvalue weighted by atomic mass is 9.96. The molecule has 0 saturated carbocycles. The van der Waals surface area contributed by atoms with Gasteiger partial charge in [0.1, 0.15) is 5.75 Å². The van der Waals surface area contributed by atoms with Crippen molar-refractivity contribution in [1.82, 2.24) is 0 Å². The lowest BCUT2D eigenvalue weighted by Crippen LogP contribution is -2.30. The zero-order valence-electron chi connectivity index (χ0n) is 9.82. The number of Topliss-reactive ketones (excluding diaryl/α,β-unsaturated/α-hetero) is 1. The van der Waals surface area contributed by atoms with Gasteiger partial charge in [0, 0.05) is 0 Å².